The predicted molar refractivity (Wildman–Crippen MR) is 106 cm³/mol. The highest BCUT2D eigenvalue weighted by molar-refractivity contribution is 6.33. The first kappa shape index (κ1) is 18.9. The van der Waals surface area contributed by atoms with Gasteiger partial charge in [-0.1, -0.05) is 23.7 Å². The van der Waals surface area contributed by atoms with E-state index in [1.807, 2.05) is 13.0 Å². The second-order valence-corrected chi connectivity index (χ2v) is 7.02. The third-order valence-electron chi connectivity index (χ3n) is 4.36. The van der Waals surface area contributed by atoms with Gasteiger partial charge in [0.1, 0.15) is 0 Å². The van der Waals surface area contributed by atoms with E-state index < -0.39 is 5.92 Å². The Morgan fingerprint density at radius 1 is 1.15 bits per heavy atom. The summed E-state index contributed by atoms with van der Waals surface area (Å²) in [6.45, 7) is 3.61. The van der Waals surface area contributed by atoms with E-state index in [4.69, 9.17) is 11.6 Å². The summed E-state index contributed by atoms with van der Waals surface area (Å²) in [5, 5.41) is 5.96. The van der Waals surface area contributed by atoms with Crippen LogP contribution in [-0.2, 0) is 14.4 Å². The molecule has 1 aliphatic heterocycles. The number of aryl methyl sites for hydroxylation is 1. The summed E-state index contributed by atoms with van der Waals surface area (Å²) in [6.07, 6.45) is 0.125. The maximum absolute atomic E-state index is 12.6. The van der Waals surface area contributed by atoms with E-state index in [0.717, 1.165) is 5.56 Å². The summed E-state index contributed by atoms with van der Waals surface area (Å²) in [4.78, 5) is 37.8. The summed E-state index contributed by atoms with van der Waals surface area (Å²) in [5.41, 5.74) is 2.78. The summed E-state index contributed by atoms with van der Waals surface area (Å²) < 4.78 is 0. The zero-order valence-electron chi connectivity index (χ0n) is 15.1. The minimum absolute atomic E-state index is 0.125. The van der Waals surface area contributed by atoms with Crippen LogP contribution < -0.4 is 15.5 Å². The minimum atomic E-state index is -0.473. The molecule has 0 aliphatic carbocycles. The summed E-state index contributed by atoms with van der Waals surface area (Å²) in [5.74, 6) is -1.04. The standard InChI is InChI=1S/C20H20ClN3O3/c1-12-6-7-18(17(21)8-12)23-20(27)14-9-19(26)24(11-14)16-5-3-4-15(10-16)22-13(2)25/h3-8,10,14H,9,11H2,1-2H3,(H,22,25)(H,23,27)/t14-/m1/s1. The number of nitrogens with zero attached hydrogens (tertiary/aromatic N) is 1. The Hall–Kier alpha value is -2.86. The van der Waals surface area contributed by atoms with Crippen molar-refractivity contribution in [2.75, 3.05) is 22.1 Å². The molecule has 6 nitrogen and oxygen atoms in total. The van der Waals surface area contributed by atoms with Gasteiger partial charge in [-0.25, -0.2) is 0 Å². The maximum atomic E-state index is 12.6. The molecular formula is C20H20ClN3O3. The smallest absolute Gasteiger partial charge is 0.229 e. The highest BCUT2D eigenvalue weighted by atomic mass is 35.5. The van der Waals surface area contributed by atoms with Gasteiger partial charge >= 0.3 is 0 Å². The fourth-order valence-corrected chi connectivity index (χ4v) is 3.33. The fraction of sp³-hybridized carbons (Fsp3) is 0.250. The number of anilines is 3. The van der Waals surface area contributed by atoms with Crippen molar-refractivity contribution in [3.8, 4) is 0 Å². The first-order valence-electron chi connectivity index (χ1n) is 8.58. The lowest BCUT2D eigenvalue weighted by molar-refractivity contribution is -0.122. The third-order valence-corrected chi connectivity index (χ3v) is 4.67. The van der Waals surface area contributed by atoms with E-state index in [0.29, 0.717) is 22.1 Å². The Bertz CT molecular complexity index is 913. The topological polar surface area (TPSA) is 78.5 Å². The number of hydrogen-bond donors (Lipinski definition) is 2. The SMILES string of the molecule is CC(=O)Nc1cccc(N2C[C@H](C(=O)Nc3ccc(C)cc3Cl)CC2=O)c1. The van der Waals surface area contributed by atoms with E-state index in [1.165, 1.54) is 6.92 Å². The molecule has 0 bridgehead atoms. The Balaban J connectivity index is 1.71. The van der Waals surface area contributed by atoms with Gasteiger partial charge < -0.3 is 15.5 Å². The second kappa shape index (κ2) is 7.80. The Labute approximate surface area is 162 Å². The lowest BCUT2D eigenvalue weighted by Gasteiger charge is -2.18. The van der Waals surface area contributed by atoms with Crippen LogP contribution in [0.2, 0.25) is 5.02 Å². The van der Waals surface area contributed by atoms with Crippen molar-refractivity contribution in [1.29, 1.82) is 0 Å². The number of benzene rings is 2. The number of carbonyl (C=O) groups excluding carboxylic acids is 3. The fourth-order valence-electron chi connectivity index (χ4n) is 3.04. The van der Waals surface area contributed by atoms with Gasteiger partial charge in [0.15, 0.2) is 0 Å². The third kappa shape index (κ3) is 4.46. The summed E-state index contributed by atoms with van der Waals surface area (Å²) >= 11 is 6.17. The van der Waals surface area contributed by atoms with Gasteiger partial charge in [-0.05, 0) is 42.8 Å². The van der Waals surface area contributed by atoms with Crippen LogP contribution in [-0.4, -0.2) is 24.3 Å². The first-order chi connectivity index (χ1) is 12.8. The molecule has 0 radical (unpaired) electrons. The lowest BCUT2D eigenvalue weighted by atomic mass is 10.1. The molecule has 0 saturated carbocycles. The van der Waals surface area contributed by atoms with Crippen molar-refractivity contribution < 1.29 is 14.4 Å². The number of nitrogens with one attached hydrogen (secondary N) is 2. The molecule has 1 saturated heterocycles. The Morgan fingerprint density at radius 2 is 1.93 bits per heavy atom. The largest absolute Gasteiger partial charge is 0.326 e. The molecule has 1 atom stereocenters. The lowest BCUT2D eigenvalue weighted by Crippen LogP contribution is -2.28. The quantitative estimate of drug-likeness (QED) is 0.844. The van der Waals surface area contributed by atoms with Crippen LogP contribution in [0.3, 0.4) is 0 Å². The van der Waals surface area contributed by atoms with Gasteiger partial charge in [0.2, 0.25) is 17.7 Å². The average molecular weight is 386 g/mol. The molecule has 3 rings (SSSR count). The first-order valence-corrected chi connectivity index (χ1v) is 8.96. The molecule has 2 aromatic carbocycles. The van der Waals surface area contributed by atoms with Crippen LogP contribution >= 0.6 is 11.6 Å². The highest BCUT2D eigenvalue weighted by Gasteiger charge is 2.35. The van der Waals surface area contributed by atoms with E-state index in [9.17, 15) is 14.4 Å². The average Bonchev–Trinajstić information content (AvgIpc) is 2.99. The van der Waals surface area contributed by atoms with Gasteiger partial charge in [0.05, 0.1) is 16.6 Å². The molecule has 27 heavy (non-hydrogen) atoms. The highest BCUT2D eigenvalue weighted by Crippen LogP contribution is 2.29. The minimum Gasteiger partial charge on any atom is -0.326 e. The summed E-state index contributed by atoms with van der Waals surface area (Å²) in [7, 11) is 0. The summed E-state index contributed by atoms with van der Waals surface area (Å²) in [6, 6.07) is 12.4. The van der Waals surface area contributed by atoms with E-state index >= 15 is 0 Å². The van der Waals surface area contributed by atoms with Crippen LogP contribution in [0.1, 0.15) is 18.9 Å². The van der Waals surface area contributed by atoms with Gasteiger partial charge in [-0.2, -0.15) is 0 Å². The molecule has 2 N–H and O–H groups in total. The van der Waals surface area contributed by atoms with Gasteiger partial charge in [0.25, 0.3) is 0 Å². The number of halogens is 1. The van der Waals surface area contributed by atoms with Crippen LogP contribution in [0, 0.1) is 12.8 Å². The zero-order valence-corrected chi connectivity index (χ0v) is 15.8. The van der Waals surface area contributed by atoms with E-state index in [1.54, 1.807) is 41.3 Å². The predicted octanol–water partition coefficient (Wildman–Crippen LogP) is 3.60. The van der Waals surface area contributed by atoms with Gasteiger partial charge in [0, 0.05) is 31.3 Å². The molecule has 1 heterocycles. The van der Waals surface area contributed by atoms with Crippen LogP contribution in [0.5, 0.6) is 0 Å². The van der Waals surface area contributed by atoms with Gasteiger partial charge in [-0.3, -0.25) is 14.4 Å². The molecule has 0 spiro atoms. The number of rotatable bonds is 4. The number of hydrogen-bond acceptors (Lipinski definition) is 3. The van der Waals surface area contributed by atoms with Crippen LogP contribution in [0.25, 0.3) is 0 Å². The molecule has 2 aromatic rings. The van der Waals surface area contributed by atoms with Crippen molar-refractivity contribution in [3.05, 3.63) is 53.1 Å². The monoisotopic (exact) mass is 385 g/mol. The van der Waals surface area contributed by atoms with Crippen molar-refractivity contribution >= 4 is 46.4 Å². The molecular weight excluding hydrogens is 366 g/mol. The van der Waals surface area contributed by atoms with E-state index in [2.05, 4.69) is 10.6 Å². The molecule has 0 aromatic heterocycles. The second-order valence-electron chi connectivity index (χ2n) is 6.61. The normalized spacial score (nSPS) is 16.3. The van der Waals surface area contributed by atoms with E-state index in [-0.39, 0.29) is 30.7 Å². The maximum Gasteiger partial charge on any atom is 0.229 e. The van der Waals surface area contributed by atoms with Crippen molar-refractivity contribution in [1.82, 2.24) is 0 Å². The Morgan fingerprint density at radius 3 is 2.63 bits per heavy atom. The van der Waals surface area contributed by atoms with Crippen molar-refractivity contribution in [3.63, 3.8) is 0 Å². The molecule has 1 fully saturated rings. The molecule has 0 unspecified atom stereocenters. The van der Waals surface area contributed by atoms with Crippen molar-refractivity contribution in [2.24, 2.45) is 5.92 Å². The van der Waals surface area contributed by atoms with Crippen molar-refractivity contribution in [2.45, 2.75) is 20.3 Å². The molecule has 3 amide bonds. The number of amides is 3. The Kier molecular flexibility index (Phi) is 5.46. The zero-order chi connectivity index (χ0) is 19.6. The molecule has 7 heteroatoms. The van der Waals surface area contributed by atoms with Crippen LogP contribution in [0.15, 0.2) is 42.5 Å². The molecule has 1 aliphatic rings. The van der Waals surface area contributed by atoms with Gasteiger partial charge in [-0.15, -0.1) is 0 Å². The van der Waals surface area contributed by atoms with Crippen LogP contribution in [0.4, 0.5) is 17.1 Å². The number of carbonyl (C=O) groups is 3. The molecule has 140 valence electrons.